The highest BCUT2D eigenvalue weighted by Crippen LogP contribution is 2.15. The summed E-state index contributed by atoms with van der Waals surface area (Å²) in [5.41, 5.74) is 11.3. The number of nitrogens with two attached hydrogens (primary N) is 2. The number of anilines is 2. The summed E-state index contributed by atoms with van der Waals surface area (Å²) in [6.45, 7) is 2.62. The molecular formula is C11H17N5O2. The van der Waals surface area contributed by atoms with Crippen molar-refractivity contribution in [1.29, 1.82) is 0 Å². The van der Waals surface area contributed by atoms with Gasteiger partial charge in [-0.15, -0.1) is 0 Å². The SMILES string of the molecule is CCCNC(=O)CNc1cnc(N)cc1C(N)=O. The van der Waals surface area contributed by atoms with Crippen molar-refractivity contribution in [2.45, 2.75) is 13.3 Å². The van der Waals surface area contributed by atoms with E-state index in [1.165, 1.54) is 12.3 Å². The van der Waals surface area contributed by atoms with Gasteiger partial charge in [-0.25, -0.2) is 4.98 Å². The van der Waals surface area contributed by atoms with Crippen molar-refractivity contribution in [2.24, 2.45) is 5.73 Å². The first kappa shape index (κ1) is 13.8. The zero-order valence-corrected chi connectivity index (χ0v) is 10.2. The molecule has 1 heterocycles. The molecule has 1 aromatic rings. The third kappa shape index (κ3) is 3.93. The molecule has 6 N–H and O–H groups in total. The van der Waals surface area contributed by atoms with Crippen LogP contribution in [0.25, 0.3) is 0 Å². The molecule has 2 amide bonds. The molecule has 0 atom stereocenters. The fourth-order valence-corrected chi connectivity index (χ4v) is 1.32. The topological polar surface area (TPSA) is 123 Å². The molecule has 1 rings (SSSR count). The van der Waals surface area contributed by atoms with Gasteiger partial charge in [0.1, 0.15) is 5.82 Å². The molecule has 0 aromatic carbocycles. The Morgan fingerprint density at radius 1 is 1.44 bits per heavy atom. The van der Waals surface area contributed by atoms with Crippen molar-refractivity contribution in [3.05, 3.63) is 17.8 Å². The number of aromatic nitrogens is 1. The van der Waals surface area contributed by atoms with Crippen molar-refractivity contribution in [2.75, 3.05) is 24.1 Å². The van der Waals surface area contributed by atoms with E-state index in [1.807, 2.05) is 6.92 Å². The van der Waals surface area contributed by atoms with E-state index in [0.717, 1.165) is 6.42 Å². The van der Waals surface area contributed by atoms with Crippen molar-refractivity contribution in [3.63, 3.8) is 0 Å². The van der Waals surface area contributed by atoms with Gasteiger partial charge in [-0.2, -0.15) is 0 Å². The molecule has 0 saturated heterocycles. The van der Waals surface area contributed by atoms with Gasteiger partial charge in [-0.3, -0.25) is 9.59 Å². The molecule has 0 aliphatic rings. The van der Waals surface area contributed by atoms with Gasteiger partial charge in [0.15, 0.2) is 0 Å². The monoisotopic (exact) mass is 251 g/mol. The number of carbonyl (C=O) groups is 2. The first-order valence-corrected chi connectivity index (χ1v) is 5.60. The van der Waals surface area contributed by atoms with E-state index in [9.17, 15) is 9.59 Å². The normalized spacial score (nSPS) is 9.83. The smallest absolute Gasteiger partial charge is 0.250 e. The van der Waals surface area contributed by atoms with Gasteiger partial charge < -0.3 is 22.1 Å². The molecule has 0 aliphatic heterocycles. The van der Waals surface area contributed by atoms with Crippen LogP contribution in [-0.2, 0) is 4.79 Å². The fourth-order valence-electron chi connectivity index (χ4n) is 1.32. The molecule has 0 fully saturated rings. The number of carbonyl (C=O) groups excluding carboxylic acids is 2. The predicted octanol–water partition coefficient (Wildman–Crippen LogP) is -0.299. The average molecular weight is 251 g/mol. The van der Waals surface area contributed by atoms with Crippen LogP contribution < -0.4 is 22.1 Å². The Bertz CT molecular complexity index is 447. The zero-order valence-electron chi connectivity index (χ0n) is 10.2. The molecule has 0 aliphatic carbocycles. The average Bonchev–Trinajstić information content (AvgIpc) is 2.34. The number of hydrogen-bond acceptors (Lipinski definition) is 5. The lowest BCUT2D eigenvalue weighted by Gasteiger charge is -2.10. The van der Waals surface area contributed by atoms with E-state index in [-0.39, 0.29) is 23.8 Å². The number of primary amides is 1. The summed E-state index contributed by atoms with van der Waals surface area (Å²) in [4.78, 5) is 26.4. The number of hydrogen-bond donors (Lipinski definition) is 4. The summed E-state index contributed by atoms with van der Waals surface area (Å²) in [6, 6.07) is 1.37. The summed E-state index contributed by atoms with van der Waals surface area (Å²) in [5, 5.41) is 5.50. The van der Waals surface area contributed by atoms with E-state index in [2.05, 4.69) is 15.6 Å². The Balaban J connectivity index is 2.67. The number of rotatable bonds is 6. The first-order valence-electron chi connectivity index (χ1n) is 5.60. The Morgan fingerprint density at radius 2 is 2.17 bits per heavy atom. The van der Waals surface area contributed by atoms with Crippen LogP contribution in [0.4, 0.5) is 11.5 Å². The summed E-state index contributed by atoms with van der Waals surface area (Å²) in [7, 11) is 0. The van der Waals surface area contributed by atoms with Crippen LogP contribution in [0.2, 0.25) is 0 Å². The van der Waals surface area contributed by atoms with Crippen LogP contribution in [-0.4, -0.2) is 29.9 Å². The van der Waals surface area contributed by atoms with E-state index in [4.69, 9.17) is 11.5 Å². The molecule has 0 unspecified atom stereocenters. The fraction of sp³-hybridized carbons (Fsp3) is 0.364. The lowest BCUT2D eigenvalue weighted by Crippen LogP contribution is -2.31. The number of pyridine rings is 1. The quantitative estimate of drug-likeness (QED) is 0.552. The minimum atomic E-state index is -0.624. The minimum Gasteiger partial charge on any atom is -0.384 e. The van der Waals surface area contributed by atoms with E-state index < -0.39 is 5.91 Å². The van der Waals surface area contributed by atoms with Gasteiger partial charge in [0, 0.05) is 6.54 Å². The maximum absolute atomic E-state index is 11.4. The maximum atomic E-state index is 11.4. The second kappa shape index (κ2) is 6.43. The molecule has 0 radical (unpaired) electrons. The summed E-state index contributed by atoms with van der Waals surface area (Å²) >= 11 is 0. The molecule has 98 valence electrons. The van der Waals surface area contributed by atoms with Crippen molar-refractivity contribution in [1.82, 2.24) is 10.3 Å². The number of nitrogens with one attached hydrogen (secondary N) is 2. The van der Waals surface area contributed by atoms with Crippen LogP contribution in [0.15, 0.2) is 12.3 Å². The van der Waals surface area contributed by atoms with E-state index >= 15 is 0 Å². The third-order valence-electron chi connectivity index (χ3n) is 2.20. The van der Waals surface area contributed by atoms with Crippen molar-refractivity contribution < 1.29 is 9.59 Å². The number of amides is 2. The second-order valence-electron chi connectivity index (χ2n) is 3.72. The Labute approximate surface area is 105 Å². The number of nitrogen functional groups attached to an aromatic ring is 1. The largest absolute Gasteiger partial charge is 0.384 e. The Hall–Kier alpha value is -2.31. The Kier molecular flexibility index (Phi) is 4.91. The lowest BCUT2D eigenvalue weighted by molar-refractivity contribution is -0.119. The molecule has 7 nitrogen and oxygen atoms in total. The predicted molar refractivity (Wildman–Crippen MR) is 69.0 cm³/mol. The summed E-state index contributed by atoms with van der Waals surface area (Å²) < 4.78 is 0. The maximum Gasteiger partial charge on any atom is 0.250 e. The Morgan fingerprint density at radius 3 is 2.78 bits per heavy atom. The molecule has 0 saturated carbocycles. The minimum absolute atomic E-state index is 0.0475. The van der Waals surface area contributed by atoms with Crippen molar-refractivity contribution >= 4 is 23.3 Å². The van der Waals surface area contributed by atoms with Gasteiger partial charge in [0.25, 0.3) is 5.91 Å². The van der Waals surface area contributed by atoms with Crippen LogP contribution in [0.3, 0.4) is 0 Å². The van der Waals surface area contributed by atoms with Crippen LogP contribution in [0.1, 0.15) is 23.7 Å². The second-order valence-corrected chi connectivity index (χ2v) is 3.72. The molecule has 0 bridgehead atoms. The van der Waals surface area contributed by atoms with Crippen LogP contribution in [0.5, 0.6) is 0 Å². The molecule has 0 spiro atoms. The summed E-state index contributed by atoms with van der Waals surface area (Å²) in [5.74, 6) is -0.588. The van der Waals surface area contributed by atoms with Crippen LogP contribution in [0, 0.1) is 0 Å². The van der Waals surface area contributed by atoms with Gasteiger partial charge in [0.2, 0.25) is 5.91 Å². The summed E-state index contributed by atoms with van der Waals surface area (Å²) in [6.07, 6.45) is 2.24. The standard InChI is InChI=1S/C11H17N5O2/c1-2-3-14-10(17)6-15-8-5-16-9(12)4-7(8)11(13)18/h4-5,15H,2-3,6H2,1H3,(H2,12,16)(H2,13,18)(H,14,17). The van der Waals surface area contributed by atoms with Gasteiger partial charge in [-0.1, -0.05) is 6.92 Å². The zero-order chi connectivity index (χ0) is 13.5. The van der Waals surface area contributed by atoms with E-state index in [1.54, 1.807) is 0 Å². The third-order valence-corrected chi connectivity index (χ3v) is 2.20. The highest BCUT2D eigenvalue weighted by atomic mass is 16.2. The van der Waals surface area contributed by atoms with Crippen LogP contribution >= 0.6 is 0 Å². The first-order chi connectivity index (χ1) is 8.54. The van der Waals surface area contributed by atoms with E-state index in [0.29, 0.717) is 12.2 Å². The van der Waals surface area contributed by atoms with Gasteiger partial charge >= 0.3 is 0 Å². The number of nitrogens with zero attached hydrogens (tertiary/aromatic N) is 1. The highest BCUT2D eigenvalue weighted by Gasteiger charge is 2.10. The highest BCUT2D eigenvalue weighted by molar-refractivity contribution is 5.99. The molecule has 1 aromatic heterocycles. The van der Waals surface area contributed by atoms with Gasteiger partial charge in [-0.05, 0) is 12.5 Å². The molecule has 7 heteroatoms. The van der Waals surface area contributed by atoms with Gasteiger partial charge in [0.05, 0.1) is 24.0 Å². The molecular weight excluding hydrogens is 234 g/mol. The van der Waals surface area contributed by atoms with Crippen molar-refractivity contribution in [3.8, 4) is 0 Å². The lowest BCUT2D eigenvalue weighted by atomic mass is 10.2. The molecule has 18 heavy (non-hydrogen) atoms.